The molecule has 5 unspecified atom stereocenters. The molecule has 6 heteroatoms. The SMILES string of the molecule is CCCC(C)(O)C1CC23CCC1(OC)C1Oc4c(OC(C)=O)ccc5c4[C@@]12CCN(C)[C@@H]3C5. The fraction of sp³-hybridized carbons (Fsp3) is 0.741. The molecule has 4 aliphatic carbocycles. The molecule has 180 valence electrons. The van der Waals surface area contributed by atoms with Crippen LogP contribution in [0.15, 0.2) is 12.1 Å². The maximum Gasteiger partial charge on any atom is 0.308 e. The number of aliphatic hydroxyl groups is 1. The number of benzene rings is 1. The number of carbonyl (C=O) groups is 1. The predicted molar refractivity (Wildman–Crippen MR) is 124 cm³/mol. The van der Waals surface area contributed by atoms with Crippen LogP contribution in [0.1, 0.15) is 70.4 Å². The second-order valence-electron chi connectivity index (χ2n) is 11.6. The molecule has 2 spiro atoms. The van der Waals surface area contributed by atoms with Crippen molar-refractivity contribution >= 4 is 5.97 Å². The van der Waals surface area contributed by atoms with E-state index in [2.05, 4.69) is 24.9 Å². The van der Waals surface area contributed by atoms with Crippen LogP contribution < -0.4 is 9.47 Å². The predicted octanol–water partition coefficient (Wildman–Crippen LogP) is 3.61. The Balaban J connectivity index is 1.62. The molecule has 2 aliphatic heterocycles. The van der Waals surface area contributed by atoms with Crippen LogP contribution in [0.2, 0.25) is 0 Å². The average molecular weight is 456 g/mol. The van der Waals surface area contributed by atoms with Gasteiger partial charge in [0.2, 0.25) is 0 Å². The fourth-order valence-corrected chi connectivity index (χ4v) is 9.32. The molecule has 7 rings (SSSR count). The van der Waals surface area contributed by atoms with E-state index < -0.39 is 11.2 Å². The third-order valence-electron chi connectivity index (χ3n) is 10.4. The van der Waals surface area contributed by atoms with Crippen molar-refractivity contribution in [3.05, 3.63) is 23.3 Å². The average Bonchev–Trinajstić information content (AvgIpc) is 3.14. The van der Waals surface area contributed by atoms with Gasteiger partial charge in [-0.05, 0) is 70.7 Å². The minimum absolute atomic E-state index is 0.0103. The summed E-state index contributed by atoms with van der Waals surface area (Å²) < 4.78 is 19.1. The van der Waals surface area contributed by atoms with Gasteiger partial charge in [0.1, 0.15) is 11.7 Å². The van der Waals surface area contributed by atoms with Crippen LogP contribution in [0.3, 0.4) is 0 Å². The van der Waals surface area contributed by atoms with Crippen molar-refractivity contribution in [3.8, 4) is 11.5 Å². The number of fused-ring (bicyclic) bond motifs is 2. The summed E-state index contributed by atoms with van der Waals surface area (Å²) in [6.07, 6.45) is 6.36. The zero-order valence-corrected chi connectivity index (χ0v) is 20.6. The molecular formula is C27H37NO5. The molecule has 4 bridgehead atoms. The van der Waals surface area contributed by atoms with Gasteiger partial charge in [-0.2, -0.15) is 0 Å². The van der Waals surface area contributed by atoms with Crippen molar-refractivity contribution in [2.24, 2.45) is 11.3 Å². The van der Waals surface area contributed by atoms with Crippen molar-refractivity contribution in [1.82, 2.24) is 4.90 Å². The van der Waals surface area contributed by atoms with Gasteiger partial charge >= 0.3 is 5.97 Å². The van der Waals surface area contributed by atoms with E-state index in [1.165, 1.54) is 18.1 Å². The van der Waals surface area contributed by atoms with E-state index in [-0.39, 0.29) is 28.8 Å². The molecule has 0 radical (unpaired) electrons. The number of nitrogens with zero attached hydrogens (tertiary/aromatic N) is 1. The van der Waals surface area contributed by atoms with Gasteiger partial charge in [-0.15, -0.1) is 0 Å². The first kappa shape index (κ1) is 21.9. The number of rotatable bonds is 5. The first-order valence-corrected chi connectivity index (χ1v) is 12.7. The molecule has 6 aliphatic rings. The Bertz CT molecular complexity index is 1020. The normalized spacial score (nSPS) is 41.8. The summed E-state index contributed by atoms with van der Waals surface area (Å²) in [5.74, 6) is 0.935. The van der Waals surface area contributed by atoms with Crippen molar-refractivity contribution < 1.29 is 24.1 Å². The number of hydrogen-bond acceptors (Lipinski definition) is 6. The lowest BCUT2D eigenvalue weighted by molar-refractivity contribution is -0.301. The number of ether oxygens (including phenoxy) is 3. The summed E-state index contributed by atoms with van der Waals surface area (Å²) in [6, 6.07) is 4.46. The van der Waals surface area contributed by atoms with E-state index in [1.807, 2.05) is 13.0 Å². The number of carbonyl (C=O) groups excluding carboxylic acids is 1. The number of piperidine rings is 1. The Morgan fingerprint density at radius 1 is 1.33 bits per heavy atom. The molecule has 7 atom stereocenters. The second-order valence-corrected chi connectivity index (χ2v) is 11.6. The lowest BCUT2D eigenvalue weighted by Gasteiger charge is -2.74. The Hall–Kier alpha value is -1.63. The van der Waals surface area contributed by atoms with Gasteiger partial charge < -0.3 is 24.2 Å². The van der Waals surface area contributed by atoms with Gasteiger partial charge in [-0.1, -0.05) is 19.4 Å². The van der Waals surface area contributed by atoms with E-state index in [0.717, 1.165) is 57.2 Å². The number of likely N-dealkylation sites (N-methyl/N-ethyl adjacent to an activating group) is 1. The molecule has 2 heterocycles. The van der Waals surface area contributed by atoms with Gasteiger partial charge in [0, 0.05) is 42.4 Å². The molecule has 1 aromatic carbocycles. The molecule has 3 saturated carbocycles. The summed E-state index contributed by atoms with van der Waals surface area (Å²) in [6.45, 7) is 6.60. The van der Waals surface area contributed by atoms with Crippen LogP contribution in [0.4, 0.5) is 0 Å². The van der Waals surface area contributed by atoms with Gasteiger partial charge in [0.25, 0.3) is 0 Å². The van der Waals surface area contributed by atoms with Crippen LogP contribution in [0.5, 0.6) is 11.5 Å². The molecular weight excluding hydrogens is 418 g/mol. The van der Waals surface area contributed by atoms with E-state index in [1.54, 1.807) is 7.11 Å². The van der Waals surface area contributed by atoms with Crippen molar-refractivity contribution in [3.63, 3.8) is 0 Å². The summed E-state index contributed by atoms with van der Waals surface area (Å²) in [4.78, 5) is 14.5. The molecule has 0 aromatic heterocycles. The Labute approximate surface area is 196 Å². The summed E-state index contributed by atoms with van der Waals surface area (Å²) in [5.41, 5.74) is 1.04. The van der Waals surface area contributed by atoms with E-state index in [0.29, 0.717) is 11.8 Å². The quantitative estimate of drug-likeness (QED) is 0.540. The van der Waals surface area contributed by atoms with Crippen LogP contribution >= 0.6 is 0 Å². The Morgan fingerprint density at radius 3 is 2.82 bits per heavy atom. The largest absolute Gasteiger partial charge is 0.482 e. The highest BCUT2D eigenvalue weighted by atomic mass is 16.6. The number of hydrogen-bond donors (Lipinski definition) is 1. The Kier molecular flexibility index (Phi) is 4.46. The topological polar surface area (TPSA) is 68.2 Å². The summed E-state index contributed by atoms with van der Waals surface area (Å²) >= 11 is 0. The number of likely N-dealkylation sites (tertiary alicyclic amines) is 1. The van der Waals surface area contributed by atoms with Crippen LogP contribution in [0.25, 0.3) is 0 Å². The highest BCUT2D eigenvalue weighted by Gasteiger charge is 2.81. The first-order chi connectivity index (χ1) is 15.7. The molecule has 33 heavy (non-hydrogen) atoms. The van der Waals surface area contributed by atoms with E-state index in [4.69, 9.17) is 14.2 Å². The van der Waals surface area contributed by atoms with Gasteiger partial charge in [-0.25, -0.2) is 0 Å². The fourth-order valence-electron chi connectivity index (χ4n) is 9.32. The molecule has 1 saturated heterocycles. The summed E-state index contributed by atoms with van der Waals surface area (Å²) in [5, 5.41) is 11.8. The Morgan fingerprint density at radius 2 is 2.12 bits per heavy atom. The number of methoxy groups -OCH3 is 1. The number of esters is 1. The summed E-state index contributed by atoms with van der Waals surface area (Å²) in [7, 11) is 4.07. The zero-order valence-electron chi connectivity index (χ0n) is 20.6. The molecule has 6 nitrogen and oxygen atoms in total. The lowest BCUT2D eigenvalue weighted by atomic mass is 9.33. The third kappa shape index (κ3) is 2.38. The van der Waals surface area contributed by atoms with E-state index in [9.17, 15) is 9.90 Å². The molecule has 1 aromatic rings. The van der Waals surface area contributed by atoms with Crippen molar-refractivity contribution in [2.45, 2.75) is 94.5 Å². The third-order valence-corrected chi connectivity index (χ3v) is 10.4. The first-order valence-electron chi connectivity index (χ1n) is 12.7. The lowest BCUT2D eigenvalue weighted by Crippen LogP contribution is -2.82. The minimum atomic E-state index is -0.830. The smallest absolute Gasteiger partial charge is 0.308 e. The van der Waals surface area contributed by atoms with Crippen LogP contribution in [-0.4, -0.2) is 60.0 Å². The van der Waals surface area contributed by atoms with E-state index >= 15 is 0 Å². The highest BCUT2D eigenvalue weighted by molar-refractivity contribution is 5.73. The van der Waals surface area contributed by atoms with Crippen molar-refractivity contribution in [2.75, 3.05) is 20.7 Å². The van der Waals surface area contributed by atoms with Gasteiger partial charge in [0.05, 0.1) is 5.60 Å². The minimum Gasteiger partial charge on any atom is -0.482 e. The maximum atomic E-state index is 11.9. The molecule has 0 amide bonds. The molecule has 4 fully saturated rings. The van der Waals surface area contributed by atoms with Crippen LogP contribution in [0, 0.1) is 11.3 Å². The van der Waals surface area contributed by atoms with Crippen LogP contribution in [-0.2, 0) is 21.4 Å². The van der Waals surface area contributed by atoms with Crippen molar-refractivity contribution in [1.29, 1.82) is 0 Å². The maximum absolute atomic E-state index is 11.9. The zero-order chi connectivity index (χ0) is 23.4. The standard InChI is InChI=1S/C27H37NO5/c1-6-9-24(3,30)19-15-25-10-11-27(19,31-5)23-26(25)12-13-28(4)20(25)14-17-7-8-18(32-16(2)29)22(33-23)21(17)26/h7-8,19-20,23,30H,6,9-15H2,1-5H3/t19?,20-,23?,24?,25?,26+,27?/m1/s1. The van der Waals surface area contributed by atoms with Gasteiger partial charge in [-0.3, -0.25) is 4.79 Å². The molecule has 1 N–H and O–H groups in total. The highest BCUT2D eigenvalue weighted by Crippen LogP contribution is 2.77. The monoisotopic (exact) mass is 455 g/mol. The van der Waals surface area contributed by atoms with Gasteiger partial charge in [0.15, 0.2) is 11.5 Å². The second kappa shape index (κ2) is 6.73.